The maximum absolute atomic E-state index is 12.5. The minimum atomic E-state index is -0.398. The first-order valence-corrected chi connectivity index (χ1v) is 9.50. The number of hydrogen-bond donors (Lipinski definition) is 1. The van der Waals surface area contributed by atoms with Crippen LogP contribution in [0.5, 0.6) is 0 Å². The number of amides is 1. The largest absolute Gasteiger partial charge is 0.378 e. The second-order valence-corrected chi connectivity index (χ2v) is 7.24. The number of benzene rings is 1. The Balaban J connectivity index is 1.62. The van der Waals surface area contributed by atoms with E-state index in [2.05, 4.69) is 5.32 Å². The molecule has 0 bridgehead atoms. The summed E-state index contributed by atoms with van der Waals surface area (Å²) in [5.74, 6) is -0.263. The molecule has 26 heavy (non-hydrogen) atoms. The SMILES string of the molecule is C[C@H](CC[C@H]1CCCO1)NC(=O)c1ccc(N2CCCC2)c([N+](=O)[O-])c1. The number of nitro benzene ring substituents is 1. The first-order chi connectivity index (χ1) is 12.5. The molecule has 0 aliphatic carbocycles. The average molecular weight is 361 g/mol. The molecule has 7 heteroatoms. The van der Waals surface area contributed by atoms with Crippen LogP contribution in [0.25, 0.3) is 0 Å². The Labute approximate surface area is 153 Å². The van der Waals surface area contributed by atoms with Crippen LogP contribution in [0.4, 0.5) is 11.4 Å². The van der Waals surface area contributed by atoms with Crippen LogP contribution in [0.2, 0.25) is 0 Å². The number of anilines is 1. The quantitative estimate of drug-likeness (QED) is 0.595. The molecule has 2 saturated heterocycles. The summed E-state index contributed by atoms with van der Waals surface area (Å²) in [6, 6.07) is 4.79. The van der Waals surface area contributed by atoms with Crippen molar-refractivity contribution in [1.29, 1.82) is 0 Å². The highest BCUT2D eigenvalue weighted by atomic mass is 16.6. The monoisotopic (exact) mass is 361 g/mol. The fourth-order valence-electron chi connectivity index (χ4n) is 3.72. The van der Waals surface area contributed by atoms with Crippen LogP contribution in [0.15, 0.2) is 18.2 Å². The third kappa shape index (κ3) is 4.52. The van der Waals surface area contributed by atoms with Gasteiger partial charge in [0, 0.05) is 37.4 Å². The third-order valence-corrected chi connectivity index (χ3v) is 5.20. The van der Waals surface area contributed by atoms with Gasteiger partial charge >= 0.3 is 0 Å². The van der Waals surface area contributed by atoms with Gasteiger partial charge in [-0.05, 0) is 57.6 Å². The number of nitrogens with zero attached hydrogens (tertiary/aromatic N) is 2. The van der Waals surface area contributed by atoms with E-state index >= 15 is 0 Å². The van der Waals surface area contributed by atoms with E-state index in [4.69, 9.17) is 4.74 Å². The first kappa shape index (κ1) is 18.6. The average Bonchev–Trinajstić information content (AvgIpc) is 3.33. The summed E-state index contributed by atoms with van der Waals surface area (Å²) in [5.41, 5.74) is 0.950. The molecular weight excluding hydrogens is 334 g/mol. The topological polar surface area (TPSA) is 84.7 Å². The van der Waals surface area contributed by atoms with Crippen molar-refractivity contribution in [2.45, 2.75) is 57.6 Å². The Morgan fingerprint density at radius 1 is 1.38 bits per heavy atom. The van der Waals surface area contributed by atoms with E-state index in [0.717, 1.165) is 58.2 Å². The minimum Gasteiger partial charge on any atom is -0.378 e. The van der Waals surface area contributed by atoms with Crippen LogP contribution < -0.4 is 10.2 Å². The molecule has 2 atom stereocenters. The maximum atomic E-state index is 12.5. The number of rotatable bonds is 7. The van der Waals surface area contributed by atoms with Gasteiger partial charge in [0.2, 0.25) is 0 Å². The Hall–Kier alpha value is -2.15. The van der Waals surface area contributed by atoms with Gasteiger partial charge in [0.1, 0.15) is 5.69 Å². The second kappa shape index (κ2) is 8.49. The van der Waals surface area contributed by atoms with Gasteiger partial charge in [0.15, 0.2) is 0 Å². The third-order valence-electron chi connectivity index (χ3n) is 5.20. The molecule has 0 aromatic heterocycles. The predicted molar refractivity (Wildman–Crippen MR) is 99.7 cm³/mol. The molecule has 1 amide bonds. The fourth-order valence-corrected chi connectivity index (χ4v) is 3.72. The van der Waals surface area contributed by atoms with Crippen molar-refractivity contribution in [1.82, 2.24) is 5.32 Å². The minimum absolute atomic E-state index is 0.00372. The Bertz CT molecular complexity index is 652. The van der Waals surface area contributed by atoms with E-state index in [1.54, 1.807) is 12.1 Å². The predicted octanol–water partition coefficient (Wildman–Crippen LogP) is 3.27. The first-order valence-electron chi connectivity index (χ1n) is 9.50. The van der Waals surface area contributed by atoms with Crippen molar-refractivity contribution >= 4 is 17.3 Å². The zero-order valence-electron chi connectivity index (χ0n) is 15.3. The van der Waals surface area contributed by atoms with Crippen LogP contribution >= 0.6 is 0 Å². The molecule has 0 saturated carbocycles. The van der Waals surface area contributed by atoms with Gasteiger partial charge in [-0.25, -0.2) is 0 Å². The van der Waals surface area contributed by atoms with Crippen LogP contribution in [-0.4, -0.2) is 42.7 Å². The maximum Gasteiger partial charge on any atom is 0.293 e. The van der Waals surface area contributed by atoms with Crippen molar-refractivity contribution < 1.29 is 14.5 Å². The van der Waals surface area contributed by atoms with Crippen LogP contribution in [0.1, 0.15) is 55.8 Å². The van der Waals surface area contributed by atoms with Gasteiger partial charge in [-0.2, -0.15) is 0 Å². The number of nitrogens with one attached hydrogen (secondary N) is 1. The zero-order valence-corrected chi connectivity index (χ0v) is 15.3. The number of carbonyl (C=O) groups is 1. The lowest BCUT2D eigenvalue weighted by Gasteiger charge is -2.19. The standard InChI is InChI=1S/C19H27N3O4/c1-14(6-8-16-5-4-12-26-16)20-19(23)15-7-9-17(18(13-15)22(24)25)21-10-2-3-11-21/h7,9,13-14,16H,2-6,8,10-12H2,1H3,(H,20,23)/t14-,16-/m1/s1. The number of nitro groups is 1. The molecule has 2 aliphatic heterocycles. The van der Waals surface area contributed by atoms with Gasteiger partial charge in [-0.1, -0.05) is 0 Å². The summed E-state index contributed by atoms with van der Waals surface area (Å²) in [6.07, 6.45) is 6.35. The molecule has 7 nitrogen and oxygen atoms in total. The van der Waals surface area contributed by atoms with E-state index in [9.17, 15) is 14.9 Å². The molecule has 142 valence electrons. The van der Waals surface area contributed by atoms with Crippen LogP contribution in [-0.2, 0) is 4.74 Å². The van der Waals surface area contributed by atoms with Gasteiger partial charge < -0.3 is 15.0 Å². The Morgan fingerprint density at radius 3 is 2.81 bits per heavy atom. The highest BCUT2D eigenvalue weighted by Crippen LogP contribution is 2.31. The molecule has 0 spiro atoms. The lowest BCUT2D eigenvalue weighted by Crippen LogP contribution is -2.33. The molecule has 1 aromatic carbocycles. The van der Waals surface area contributed by atoms with E-state index in [-0.39, 0.29) is 17.6 Å². The summed E-state index contributed by atoms with van der Waals surface area (Å²) in [4.78, 5) is 25.6. The van der Waals surface area contributed by atoms with Crippen molar-refractivity contribution in [3.8, 4) is 0 Å². The molecule has 2 aliphatic rings. The lowest BCUT2D eigenvalue weighted by atomic mass is 10.1. The molecule has 1 aromatic rings. The zero-order chi connectivity index (χ0) is 18.5. The lowest BCUT2D eigenvalue weighted by molar-refractivity contribution is -0.384. The van der Waals surface area contributed by atoms with Gasteiger partial charge in [0.25, 0.3) is 11.6 Å². The van der Waals surface area contributed by atoms with E-state index < -0.39 is 4.92 Å². The molecule has 1 N–H and O–H groups in total. The molecule has 2 fully saturated rings. The summed E-state index contributed by atoms with van der Waals surface area (Å²) in [6.45, 7) is 4.44. The van der Waals surface area contributed by atoms with E-state index in [1.807, 2.05) is 11.8 Å². The van der Waals surface area contributed by atoms with Crippen molar-refractivity contribution in [3.05, 3.63) is 33.9 Å². The van der Waals surface area contributed by atoms with Gasteiger partial charge in [-0.3, -0.25) is 14.9 Å². The normalized spacial score (nSPS) is 21.0. The van der Waals surface area contributed by atoms with Crippen LogP contribution in [0, 0.1) is 10.1 Å². The summed E-state index contributed by atoms with van der Waals surface area (Å²) >= 11 is 0. The van der Waals surface area contributed by atoms with Crippen molar-refractivity contribution in [2.75, 3.05) is 24.6 Å². The highest BCUT2D eigenvalue weighted by Gasteiger charge is 2.24. The van der Waals surface area contributed by atoms with Crippen molar-refractivity contribution in [3.63, 3.8) is 0 Å². The summed E-state index contributed by atoms with van der Waals surface area (Å²) in [7, 11) is 0. The fraction of sp³-hybridized carbons (Fsp3) is 0.632. The van der Waals surface area contributed by atoms with Gasteiger partial charge in [-0.15, -0.1) is 0 Å². The molecule has 2 heterocycles. The van der Waals surface area contributed by atoms with Gasteiger partial charge in [0.05, 0.1) is 11.0 Å². The highest BCUT2D eigenvalue weighted by molar-refractivity contribution is 5.96. The summed E-state index contributed by atoms with van der Waals surface area (Å²) in [5, 5.41) is 14.4. The van der Waals surface area contributed by atoms with E-state index in [1.165, 1.54) is 6.07 Å². The number of hydrogen-bond acceptors (Lipinski definition) is 5. The molecule has 3 rings (SSSR count). The van der Waals surface area contributed by atoms with Crippen molar-refractivity contribution in [2.24, 2.45) is 0 Å². The Morgan fingerprint density at radius 2 is 2.15 bits per heavy atom. The number of ether oxygens (including phenoxy) is 1. The Kier molecular flexibility index (Phi) is 6.08. The van der Waals surface area contributed by atoms with E-state index in [0.29, 0.717) is 17.4 Å². The molecule has 0 unspecified atom stereocenters. The smallest absolute Gasteiger partial charge is 0.293 e. The second-order valence-electron chi connectivity index (χ2n) is 7.24. The molecular formula is C19H27N3O4. The summed E-state index contributed by atoms with van der Waals surface area (Å²) < 4.78 is 5.60. The van der Waals surface area contributed by atoms with Crippen LogP contribution in [0.3, 0.4) is 0 Å². The number of carbonyl (C=O) groups excluding carboxylic acids is 1. The molecule has 0 radical (unpaired) electrons.